The van der Waals surface area contributed by atoms with E-state index in [1.807, 2.05) is 18.2 Å². The van der Waals surface area contributed by atoms with Gasteiger partial charge in [-0.15, -0.1) is 0 Å². The summed E-state index contributed by atoms with van der Waals surface area (Å²) in [6.45, 7) is 3.03. The standard InChI is InChI=1S/C18H25ClN2O/c19-17-6-2-1-4-15(17)13-16-5-3-11-21(16)18(22)12-14-7-9-20-10-8-14/h1-2,4,6,14,16,20H,3,5,7-13H2/t16-/m0/s1. The lowest BCUT2D eigenvalue weighted by atomic mass is 9.93. The third-order valence-corrected chi connectivity index (χ3v) is 5.40. The van der Waals surface area contributed by atoms with Crippen molar-refractivity contribution < 1.29 is 4.79 Å². The second-order valence-electron chi connectivity index (χ2n) is 6.58. The van der Waals surface area contributed by atoms with Gasteiger partial charge in [-0.05, 0) is 62.7 Å². The Balaban J connectivity index is 1.60. The van der Waals surface area contributed by atoms with Crippen LogP contribution in [0.15, 0.2) is 24.3 Å². The van der Waals surface area contributed by atoms with Crippen LogP contribution >= 0.6 is 11.6 Å². The molecule has 2 saturated heterocycles. The molecule has 0 aromatic heterocycles. The number of nitrogens with zero attached hydrogens (tertiary/aromatic N) is 1. The molecule has 0 unspecified atom stereocenters. The number of hydrogen-bond acceptors (Lipinski definition) is 2. The highest BCUT2D eigenvalue weighted by Crippen LogP contribution is 2.27. The van der Waals surface area contributed by atoms with E-state index in [9.17, 15) is 4.79 Å². The van der Waals surface area contributed by atoms with Gasteiger partial charge in [0.15, 0.2) is 0 Å². The SMILES string of the molecule is O=C(CC1CCNCC1)N1CCC[C@H]1Cc1ccccc1Cl. The quantitative estimate of drug-likeness (QED) is 0.923. The van der Waals surface area contributed by atoms with Crippen LogP contribution < -0.4 is 5.32 Å². The summed E-state index contributed by atoms with van der Waals surface area (Å²) in [5, 5.41) is 4.19. The number of carbonyl (C=O) groups excluding carboxylic acids is 1. The Bertz CT molecular complexity index is 514. The summed E-state index contributed by atoms with van der Waals surface area (Å²) in [5.74, 6) is 0.914. The number of piperidine rings is 1. The maximum atomic E-state index is 12.7. The molecule has 0 saturated carbocycles. The van der Waals surface area contributed by atoms with Crippen LogP contribution in [0.4, 0.5) is 0 Å². The molecule has 0 aliphatic carbocycles. The predicted octanol–water partition coefficient (Wildman–Crippen LogP) is 3.26. The van der Waals surface area contributed by atoms with Crippen LogP contribution in [0.25, 0.3) is 0 Å². The van der Waals surface area contributed by atoms with Gasteiger partial charge in [0.2, 0.25) is 5.91 Å². The van der Waals surface area contributed by atoms with Crippen LogP contribution in [-0.4, -0.2) is 36.5 Å². The number of carbonyl (C=O) groups is 1. The fourth-order valence-electron chi connectivity index (χ4n) is 3.74. The summed E-state index contributed by atoms with van der Waals surface area (Å²) >= 11 is 6.28. The van der Waals surface area contributed by atoms with E-state index in [4.69, 9.17) is 11.6 Å². The molecule has 22 heavy (non-hydrogen) atoms. The van der Waals surface area contributed by atoms with Crippen molar-refractivity contribution >= 4 is 17.5 Å². The van der Waals surface area contributed by atoms with Crippen LogP contribution in [0.5, 0.6) is 0 Å². The lowest BCUT2D eigenvalue weighted by Crippen LogP contribution is -2.39. The Kier molecular flexibility index (Phi) is 5.37. The van der Waals surface area contributed by atoms with E-state index in [0.717, 1.165) is 68.7 Å². The van der Waals surface area contributed by atoms with Crippen LogP contribution in [-0.2, 0) is 11.2 Å². The molecule has 2 aliphatic rings. The number of hydrogen-bond donors (Lipinski definition) is 1. The highest BCUT2D eigenvalue weighted by atomic mass is 35.5. The third kappa shape index (κ3) is 3.82. The van der Waals surface area contributed by atoms with Gasteiger partial charge in [0, 0.05) is 24.0 Å². The number of nitrogens with one attached hydrogen (secondary N) is 1. The van der Waals surface area contributed by atoms with Crippen molar-refractivity contribution in [2.24, 2.45) is 5.92 Å². The Hall–Kier alpha value is -1.06. The van der Waals surface area contributed by atoms with Crippen molar-refractivity contribution in [1.29, 1.82) is 0 Å². The van der Waals surface area contributed by atoms with E-state index in [1.165, 1.54) is 0 Å². The van der Waals surface area contributed by atoms with Crippen LogP contribution in [0.3, 0.4) is 0 Å². The molecule has 0 spiro atoms. The zero-order valence-electron chi connectivity index (χ0n) is 13.1. The molecule has 1 N–H and O–H groups in total. The van der Waals surface area contributed by atoms with Crippen LogP contribution in [0, 0.1) is 5.92 Å². The van der Waals surface area contributed by atoms with Crippen molar-refractivity contribution in [1.82, 2.24) is 10.2 Å². The molecule has 1 amide bonds. The number of rotatable bonds is 4. The fraction of sp³-hybridized carbons (Fsp3) is 0.611. The molecular weight excluding hydrogens is 296 g/mol. The van der Waals surface area contributed by atoms with Crippen LogP contribution in [0.1, 0.15) is 37.7 Å². The van der Waals surface area contributed by atoms with Crippen molar-refractivity contribution in [2.75, 3.05) is 19.6 Å². The summed E-state index contributed by atoms with van der Waals surface area (Å²) in [4.78, 5) is 14.8. The molecule has 3 rings (SSSR count). The van der Waals surface area contributed by atoms with Gasteiger partial charge in [0.1, 0.15) is 0 Å². The first-order valence-electron chi connectivity index (χ1n) is 8.47. The van der Waals surface area contributed by atoms with Gasteiger partial charge in [-0.1, -0.05) is 29.8 Å². The monoisotopic (exact) mass is 320 g/mol. The molecule has 2 heterocycles. The normalized spacial score (nSPS) is 23.0. The number of likely N-dealkylation sites (tertiary alicyclic amines) is 1. The second-order valence-corrected chi connectivity index (χ2v) is 6.98. The van der Waals surface area contributed by atoms with E-state index < -0.39 is 0 Å². The maximum absolute atomic E-state index is 12.7. The van der Waals surface area contributed by atoms with E-state index in [-0.39, 0.29) is 0 Å². The molecule has 0 bridgehead atoms. The Labute approximate surface area is 138 Å². The van der Waals surface area contributed by atoms with Gasteiger partial charge in [-0.3, -0.25) is 4.79 Å². The molecular formula is C18H25ClN2O. The first-order chi connectivity index (χ1) is 10.7. The minimum atomic E-state index is 0.328. The van der Waals surface area contributed by atoms with Crippen molar-refractivity contribution in [3.63, 3.8) is 0 Å². The molecule has 0 radical (unpaired) electrons. The maximum Gasteiger partial charge on any atom is 0.223 e. The predicted molar refractivity (Wildman–Crippen MR) is 90.1 cm³/mol. The number of amides is 1. The molecule has 1 aromatic carbocycles. The molecule has 1 atom stereocenters. The lowest BCUT2D eigenvalue weighted by Gasteiger charge is -2.28. The van der Waals surface area contributed by atoms with Gasteiger partial charge in [0.05, 0.1) is 0 Å². The zero-order chi connectivity index (χ0) is 15.4. The Morgan fingerprint density at radius 2 is 2.00 bits per heavy atom. The largest absolute Gasteiger partial charge is 0.339 e. The van der Waals surface area contributed by atoms with Crippen LogP contribution in [0.2, 0.25) is 5.02 Å². The second kappa shape index (κ2) is 7.47. The molecule has 1 aromatic rings. The fourth-order valence-corrected chi connectivity index (χ4v) is 3.96. The van der Waals surface area contributed by atoms with Gasteiger partial charge >= 0.3 is 0 Å². The molecule has 2 aliphatic heterocycles. The van der Waals surface area contributed by atoms with Gasteiger partial charge in [0.25, 0.3) is 0 Å². The molecule has 120 valence electrons. The van der Waals surface area contributed by atoms with Gasteiger partial charge in [-0.25, -0.2) is 0 Å². The third-order valence-electron chi connectivity index (χ3n) is 5.03. The minimum absolute atomic E-state index is 0.328. The highest BCUT2D eigenvalue weighted by molar-refractivity contribution is 6.31. The lowest BCUT2D eigenvalue weighted by molar-refractivity contribution is -0.133. The summed E-state index contributed by atoms with van der Waals surface area (Å²) in [6, 6.07) is 8.33. The van der Waals surface area contributed by atoms with Crippen molar-refractivity contribution in [2.45, 2.75) is 44.6 Å². The van der Waals surface area contributed by atoms with Gasteiger partial charge in [-0.2, -0.15) is 0 Å². The number of halogens is 1. The Morgan fingerprint density at radius 3 is 2.77 bits per heavy atom. The minimum Gasteiger partial charge on any atom is -0.339 e. The summed E-state index contributed by atoms with van der Waals surface area (Å²) in [5.41, 5.74) is 1.16. The smallest absolute Gasteiger partial charge is 0.223 e. The first kappa shape index (κ1) is 15.8. The molecule has 3 nitrogen and oxygen atoms in total. The highest BCUT2D eigenvalue weighted by Gasteiger charge is 2.30. The van der Waals surface area contributed by atoms with Crippen molar-refractivity contribution in [3.8, 4) is 0 Å². The summed E-state index contributed by atoms with van der Waals surface area (Å²) in [7, 11) is 0. The van der Waals surface area contributed by atoms with E-state index >= 15 is 0 Å². The molecule has 2 fully saturated rings. The summed E-state index contributed by atoms with van der Waals surface area (Å²) < 4.78 is 0. The molecule has 4 heteroatoms. The zero-order valence-corrected chi connectivity index (χ0v) is 13.8. The van der Waals surface area contributed by atoms with E-state index in [1.54, 1.807) is 0 Å². The van der Waals surface area contributed by atoms with Crippen molar-refractivity contribution in [3.05, 3.63) is 34.9 Å². The Morgan fingerprint density at radius 1 is 1.23 bits per heavy atom. The topological polar surface area (TPSA) is 32.3 Å². The van der Waals surface area contributed by atoms with Gasteiger partial charge < -0.3 is 10.2 Å². The van der Waals surface area contributed by atoms with E-state index in [2.05, 4.69) is 16.3 Å². The average Bonchev–Trinajstić information content (AvgIpc) is 2.99. The first-order valence-corrected chi connectivity index (χ1v) is 8.85. The number of benzene rings is 1. The van der Waals surface area contributed by atoms with E-state index in [0.29, 0.717) is 17.9 Å². The summed E-state index contributed by atoms with van der Waals surface area (Å²) in [6.07, 6.45) is 6.10. The average molecular weight is 321 g/mol.